The molecule has 2 aromatic rings. The lowest BCUT2D eigenvalue weighted by molar-refractivity contribution is -0.135. The first-order valence-electron chi connectivity index (χ1n) is 5.98. The fourth-order valence-corrected chi connectivity index (χ4v) is 2.00. The molecule has 0 amide bonds. The van der Waals surface area contributed by atoms with Gasteiger partial charge in [-0.25, -0.2) is 4.98 Å². The Morgan fingerprint density at radius 1 is 1.50 bits per heavy atom. The van der Waals surface area contributed by atoms with Gasteiger partial charge in [0.25, 0.3) is 0 Å². The predicted octanol–water partition coefficient (Wildman–Crippen LogP) is 1.77. The molecule has 1 heterocycles. The molecule has 0 bridgehead atoms. The summed E-state index contributed by atoms with van der Waals surface area (Å²) in [5, 5.41) is 10.7. The minimum Gasteiger partial charge on any atom is -0.497 e. The minimum atomic E-state index is -0.951. The Labute approximate surface area is 116 Å². The number of pyridine rings is 1. The van der Waals surface area contributed by atoms with Gasteiger partial charge in [-0.3, -0.25) is 4.79 Å². The fraction of sp³-hybridized carbons (Fsp3) is 0.200. The SMILES string of the molecule is C#CCN(CC(=O)O)c1nccc2cc(OC)ccc12. The number of hydrogen-bond acceptors (Lipinski definition) is 4. The van der Waals surface area contributed by atoms with Gasteiger partial charge in [0.2, 0.25) is 0 Å². The number of aromatic nitrogens is 1. The van der Waals surface area contributed by atoms with Crippen LogP contribution >= 0.6 is 0 Å². The third kappa shape index (κ3) is 2.81. The number of carboxylic acids is 1. The number of anilines is 1. The summed E-state index contributed by atoms with van der Waals surface area (Å²) in [4.78, 5) is 16.7. The molecule has 0 aliphatic carbocycles. The number of ether oxygens (including phenoxy) is 1. The molecule has 20 heavy (non-hydrogen) atoms. The van der Waals surface area contributed by atoms with Crippen molar-refractivity contribution in [2.75, 3.05) is 25.1 Å². The van der Waals surface area contributed by atoms with Crippen molar-refractivity contribution < 1.29 is 14.6 Å². The van der Waals surface area contributed by atoms with E-state index in [0.29, 0.717) is 5.82 Å². The third-order valence-corrected chi connectivity index (χ3v) is 2.86. The quantitative estimate of drug-likeness (QED) is 0.839. The molecule has 0 aliphatic heterocycles. The van der Waals surface area contributed by atoms with E-state index in [1.165, 1.54) is 0 Å². The Morgan fingerprint density at radius 3 is 2.95 bits per heavy atom. The molecular formula is C15H14N2O3. The Morgan fingerprint density at radius 2 is 2.30 bits per heavy atom. The smallest absolute Gasteiger partial charge is 0.323 e. The summed E-state index contributed by atoms with van der Waals surface area (Å²) in [6.07, 6.45) is 6.93. The first kappa shape index (κ1) is 13.7. The monoisotopic (exact) mass is 270 g/mol. The first-order chi connectivity index (χ1) is 9.65. The van der Waals surface area contributed by atoms with Crippen LogP contribution in [0.5, 0.6) is 5.75 Å². The minimum absolute atomic E-state index is 0.185. The highest BCUT2D eigenvalue weighted by atomic mass is 16.5. The number of aliphatic carboxylic acids is 1. The zero-order valence-corrected chi connectivity index (χ0v) is 11.0. The van der Waals surface area contributed by atoms with Crippen LogP contribution in [-0.4, -0.2) is 36.3 Å². The van der Waals surface area contributed by atoms with E-state index in [4.69, 9.17) is 16.3 Å². The van der Waals surface area contributed by atoms with Gasteiger partial charge in [0.15, 0.2) is 0 Å². The Bertz CT molecular complexity index is 676. The number of carbonyl (C=O) groups is 1. The zero-order valence-electron chi connectivity index (χ0n) is 11.0. The van der Waals surface area contributed by atoms with Crippen LogP contribution in [0.3, 0.4) is 0 Å². The maximum absolute atomic E-state index is 10.9. The zero-order chi connectivity index (χ0) is 14.5. The topological polar surface area (TPSA) is 62.7 Å². The second kappa shape index (κ2) is 5.93. The second-order valence-corrected chi connectivity index (χ2v) is 4.18. The van der Waals surface area contributed by atoms with Gasteiger partial charge < -0.3 is 14.7 Å². The van der Waals surface area contributed by atoms with Crippen molar-refractivity contribution in [3.8, 4) is 18.1 Å². The van der Waals surface area contributed by atoms with E-state index in [0.717, 1.165) is 16.5 Å². The molecule has 0 fully saturated rings. The standard InChI is InChI=1S/C15H14N2O3/c1-3-8-17(10-14(18)19)15-13-5-4-12(20-2)9-11(13)6-7-16-15/h1,4-7,9H,8,10H2,2H3,(H,18,19). The number of nitrogens with zero attached hydrogens (tertiary/aromatic N) is 2. The average molecular weight is 270 g/mol. The van der Waals surface area contributed by atoms with Crippen LogP contribution in [0.15, 0.2) is 30.5 Å². The van der Waals surface area contributed by atoms with E-state index in [-0.39, 0.29) is 13.1 Å². The van der Waals surface area contributed by atoms with Crippen LogP contribution in [0, 0.1) is 12.3 Å². The summed E-state index contributed by atoms with van der Waals surface area (Å²) in [6.45, 7) is -0.00716. The molecule has 0 saturated heterocycles. The van der Waals surface area contributed by atoms with E-state index < -0.39 is 5.97 Å². The molecule has 0 spiro atoms. The average Bonchev–Trinajstić information content (AvgIpc) is 2.45. The molecule has 0 radical (unpaired) electrons. The number of terminal acetylenes is 1. The van der Waals surface area contributed by atoms with Crippen LogP contribution in [0.1, 0.15) is 0 Å². The molecule has 2 rings (SSSR count). The Kier molecular flexibility index (Phi) is 4.06. The van der Waals surface area contributed by atoms with Crippen LogP contribution in [0.25, 0.3) is 10.8 Å². The summed E-state index contributed by atoms with van der Waals surface area (Å²) < 4.78 is 5.17. The molecule has 1 aromatic carbocycles. The molecule has 0 unspecified atom stereocenters. The van der Waals surface area contributed by atoms with Gasteiger partial charge in [-0.05, 0) is 29.7 Å². The molecule has 102 valence electrons. The molecule has 1 N–H and O–H groups in total. The van der Waals surface area contributed by atoms with Gasteiger partial charge in [-0.2, -0.15) is 0 Å². The van der Waals surface area contributed by atoms with E-state index in [2.05, 4.69) is 10.9 Å². The number of rotatable bonds is 5. The molecule has 0 saturated carbocycles. The van der Waals surface area contributed by atoms with Crippen molar-refractivity contribution in [3.63, 3.8) is 0 Å². The molecular weight excluding hydrogens is 256 g/mol. The van der Waals surface area contributed by atoms with Gasteiger partial charge in [-0.15, -0.1) is 6.42 Å². The van der Waals surface area contributed by atoms with Crippen LogP contribution in [0.2, 0.25) is 0 Å². The first-order valence-corrected chi connectivity index (χ1v) is 5.98. The second-order valence-electron chi connectivity index (χ2n) is 4.18. The molecule has 5 nitrogen and oxygen atoms in total. The number of benzene rings is 1. The van der Waals surface area contributed by atoms with E-state index >= 15 is 0 Å². The van der Waals surface area contributed by atoms with Gasteiger partial charge in [-0.1, -0.05) is 5.92 Å². The van der Waals surface area contributed by atoms with Crippen molar-refractivity contribution in [1.82, 2.24) is 4.98 Å². The molecule has 0 aliphatic rings. The largest absolute Gasteiger partial charge is 0.497 e. The summed E-state index contributed by atoms with van der Waals surface area (Å²) in [5.74, 6) is 2.80. The number of fused-ring (bicyclic) bond motifs is 1. The van der Waals surface area contributed by atoms with Crippen molar-refractivity contribution in [3.05, 3.63) is 30.5 Å². The number of methoxy groups -OCH3 is 1. The lowest BCUT2D eigenvalue weighted by Gasteiger charge is -2.20. The highest BCUT2D eigenvalue weighted by Crippen LogP contribution is 2.27. The molecule has 5 heteroatoms. The number of hydrogen-bond donors (Lipinski definition) is 1. The summed E-state index contributed by atoms with van der Waals surface area (Å²) in [5.41, 5.74) is 0. The van der Waals surface area contributed by atoms with Crippen molar-refractivity contribution in [1.29, 1.82) is 0 Å². The van der Waals surface area contributed by atoms with Crippen molar-refractivity contribution in [2.24, 2.45) is 0 Å². The highest BCUT2D eigenvalue weighted by Gasteiger charge is 2.14. The van der Waals surface area contributed by atoms with Gasteiger partial charge in [0.1, 0.15) is 18.1 Å². The lowest BCUT2D eigenvalue weighted by Crippen LogP contribution is -2.30. The van der Waals surface area contributed by atoms with E-state index in [1.807, 2.05) is 24.3 Å². The maximum atomic E-state index is 10.9. The van der Waals surface area contributed by atoms with Crippen molar-refractivity contribution >= 4 is 22.6 Å². The van der Waals surface area contributed by atoms with E-state index in [1.54, 1.807) is 18.2 Å². The van der Waals surface area contributed by atoms with Gasteiger partial charge >= 0.3 is 5.97 Å². The fourth-order valence-electron chi connectivity index (χ4n) is 2.00. The van der Waals surface area contributed by atoms with Crippen LogP contribution < -0.4 is 9.64 Å². The molecule has 1 aromatic heterocycles. The van der Waals surface area contributed by atoms with Gasteiger partial charge in [0.05, 0.1) is 13.7 Å². The van der Waals surface area contributed by atoms with Gasteiger partial charge in [0, 0.05) is 11.6 Å². The normalized spacial score (nSPS) is 10.0. The predicted molar refractivity (Wildman–Crippen MR) is 77.0 cm³/mol. The van der Waals surface area contributed by atoms with E-state index in [9.17, 15) is 4.79 Å². The molecule has 0 atom stereocenters. The summed E-state index contributed by atoms with van der Waals surface area (Å²) in [6, 6.07) is 7.37. The summed E-state index contributed by atoms with van der Waals surface area (Å²) >= 11 is 0. The summed E-state index contributed by atoms with van der Waals surface area (Å²) in [7, 11) is 1.60. The Hall–Kier alpha value is -2.74. The highest BCUT2D eigenvalue weighted by molar-refractivity contribution is 5.94. The Balaban J connectivity index is 2.51. The van der Waals surface area contributed by atoms with Crippen molar-refractivity contribution in [2.45, 2.75) is 0 Å². The lowest BCUT2D eigenvalue weighted by atomic mass is 10.1. The maximum Gasteiger partial charge on any atom is 0.323 e. The number of carboxylic acid groups (broad SMARTS) is 1. The third-order valence-electron chi connectivity index (χ3n) is 2.86. The van der Waals surface area contributed by atoms with Crippen LogP contribution in [0.4, 0.5) is 5.82 Å². The van der Waals surface area contributed by atoms with Crippen LogP contribution in [-0.2, 0) is 4.79 Å².